The van der Waals surface area contributed by atoms with Gasteiger partial charge < -0.3 is 15.5 Å². The molecule has 1 unspecified atom stereocenters. The van der Waals surface area contributed by atoms with Crippen molar-refractivity contribution in [2.24, 2.45) is 5.73 Å². The van der Waals surface area contributed by atoms with E-state index in [1.807, 2.05) is 0 Å². The Bertz CT molecular complexity index is 123. The maximum absolute atomic E-state index is 9.81. The van der Waals surface area contributed by atoms with Crippen molar-refractivity contribution in [1.82, 2.24) is 0 Å². The van der Waals surface area contributed by atoms with Gasteiger partial charge in [0, 0.05) is 24.3 Å². The molecule has 0 aromatic carbocycles. The number of nitrogens with two attached hydrogens (primary N) is 1. The van der Waals surface area contributed by atoms with Gasteiger partial charge in [-0.05, 0) is 0 Å². The van der Waals surface area contributed by atoms with Crippen molar-refractivity contribution in [3.63, 3.8) is 0 Å². The predicted octanol–water partition coefficient (Wildman–Crippen LogP) is -1.47. The molecule has 3 N–H and O–H groups in total. The van der Waals surface area contributed by atoms with Gasteiger partial charge in [-0.2, -0.15) is 0 Å². The second kappa shape index (κ2) is 7.09. The number of hydrogen-bond acceptors (Lipinski definition) is 5. The van der Waals surface area contributed by atoms with Crippen LogP contribution in [0.3, 0.4) is 0 Å². The van der Waals surface area contributed by atoms with Crippen molar-refractivity contribution in [3.05, 3.63) is 0 Å². The van der Waals surface area contributed by atoms with E-state index in [4.69, 9.17) is 10.6 Å². The third kappa shape index (κ3) is 12.1. The second-order valence-electron chi connectivity index (χ2n) is 1.15. The molecule has 0 saturated carbocycles. The van der Waals surface area contributed by atoms with Gasteiger partial charge in [0.2, 0.25) is 0 Å². The average molecular weight is 197 g/mol. The summed E-state index contributed by atoms with van der Waals surface area (Å²) in [5, 5.41) is 0. The van der Waals surface area contributed by atoms with Gasteiger partial charge in [-0.25, -0.2) is 3.97 Å². The SMILES string of the molecule is NCCSOP(=O)([O-])O.[H+].[NaH]. The summed E-state index contributed by atoms with van der Waals surface area (Å²) in [6.07, 6.45) is 0. The fourth-order valence-corrected chi connectivity index (χ4v) is 1.08. The van der Waals surface area contributed by atoms with Crippen molar-refractivity contribution in [2.45, 2.75) is 0 Å². The molecule has 10 heavy (non-hydrogen) atoms. The van der Waals surface area contributed by atoms with Crippen molar-refractivity contribution >= 4 is 49.4 Å². The minimum atomic E-state index is -4.54. The summed E-state index contributed by atoms with van der Waals surface area (Å²) in [6.45, 7) is 0.310. The molecule has 0 aromatic heterocycles. The van der Waals surface area contributed by atoms with Crippen LogP contribution in [0.5, 0.6) is 0 Å². The Kier molecular flexibility index (Phi) is 9.91. The monoisotopic (exact) mass is 197 g/mol. The molecule has 0 radical (unpaired) electrons. The molecule has 0 aliphatic heterocycles. The molecule has 0 spiro atoms. The molecule has 0 aromatic rings. The van der Waals surface area contributed by atoms with E-state index >= 15 is 0 Å². The third-order valence-corrected chi connectivity index (χ3v) is 1.93. The van der Waals surface area contributed by atoms with Gasteiger partial charge in [0.1, 0.15) is 0 Å². The van der Waals surface area contributed by atoms with Crippen LogP contribution in [0.2, 0.25) is 0 Å². The number of rotatable bonds is 4. The Morgan fingerprint density at radius 3 is 2.70 bits per heavy atom. The Balaban J connectivity index is -0.000000320. The van der Waals surface area contributed by atoms with E-state index in [1.165, 1.54) is 0 Å². The van der Waals surface area contributed by atoms with Crippen LogP contribution in [0.25, 0.3) is 0 Å². The normalized spacial score (nSPS) is 15.5. The summed E-state index contributed by atoms with van der Waals surface area (Å²) in [5.41, 5.74) is 4.98. The Hall–Kier alpha value is 1.42. The van der Waals surface area contributed by atoms with E-state index in [-0.39, 0.29) is 31.0 Å². The predicted molar refractivity (Wildman–Crippen MR) is 40.7 cm³/mol. The minimum absolute atomic E-state index is 0. The van der Waals surface area contributed by atoms with E-state index in [0.29, 0.717) is 24.3 Å². The summed E-state index contributed by atoms with van der Waals surface area (Å²) in [6, 6.07) is 0. The molecule has 0 bridgehead atoms. The van der Waals surface area contributed by atoms with Crippen LogP contribution < -0.4 is 10.6 Å². The summed E-state index contributed by atoms with van der Waals surface area (Å²) < 4.78 is 13.7. The van der Waals surface area contributed by atoms with Crippen molar-refractivity contribution in [3.8, 4) is 0 Å². The van der Waals surface area contributed by atoms with Gasteiger partial charge >= 0.3 is 31.0 Å². The van der Waals surface area contributed by atoms with E-state index < -0.39 is 7.82 Å². The van der Waals surface area contributed by atoms with Crippen molar-refractivity contribution in [1.29, 1.82) is 0 Å². The fourth-order valence-electron chi connectivity index (χ4n) is 0.152. The number of hydrogen-bond donors (Lipinski definition) is 2. The van der Waals surface area contributed by atoms with Gasteiger partial charge in [-0.15, -0.1) is 0 Å². The Morgan fingerprint density at radius 2 is 2.40 bits per heavy atom. The average Bonchev–Trinajstić information content (AvgIpc) is 1.63. The quantitative estimate of drug-likeness (QED) is 0.247. The van der Waals surface area contributed by atoms with Gasteiger partial charge in [0.15, 0.2) is 0 Å². The molecule has 58 valence electrons. The van der Waals surface area contributed by atoms with Gasteiger partial charge in [0.25, 0.3) is 7.82 Å². The van der Waals surface area contributed by atoms with E-state index in [2.05, 4.69) is 3.97 Å². The second-order valence-corrected chi connectivity index (χ2v) is 3.33. The molecule has 1 atom stereocenters. The zero-order chi connectivity index (χ0) is 7.33. The molecular formula is C2H9NNaO4PS. The van der Waals surface area contributed by atoms with Gasteiger partial charge in [-0.3, -0.25) is 4.57 Å². The molecule has 0 heterocycles. The van der Waals surface area contributed by atoms with E-state index in [1.54, 1.807) is 0 Å². The van der Waals surface area contributed by atoms with Crippen LogP contribution in [-0.4, -0.2) is 46.7 Å². The molecule has 0 aliphatic rings. The van der Waals surface area contributed by atoms with Crippen molar-refractivity contribution in [2.75, 3.05) is 12.3 Å². The first-order valence-corrected chi connectivity index (χ1v) is 4.52. The molecule has 0 saturated heterocycles. The van der Waals surface area contributed by atoms with E-state index in [0.717, 1.165) is 0 Å². The van der Waals surface area contributed by atoms with Crippen LogP contribution in [0, 0.1) is 0 Å². The molecule has 0 rings (SSSR count). The molecule has 8 heteroatoms. The topological polar surface area (TPSA) is 95.6 Å². The first-order valence-electron chi connectivity index (χ1n) is 2.11. The zero-order valence-electron chi connectivity index (χ0n) is 5.52. The molecule has 5 nitrogen and oxygen atoms in total. The van der Waals surface area contributed by atoms with E-state index in [9.17, 15) is 9.46 Å². The van der Waals surface area contributed by atoms with Crippen LogP contribution >= 0.6 is 19.9 Å². The molecule has 0 aliphatic carbocycles. The summed E-state index contributed by atoms with van der Waals surface area (Å²) >= 11 is 0.610. The van der Waals surface area contributed by atoms with Crippen LogP contribution in [0.1, 0.15) is 1.43 Å². The van der Waals surface area contributed by atoms with Crippen LogP contribution in [0.4, 0.5) is 0 Å². The molecule has 0 fully saturated rings. The van der Waals surface area contributed by atoms with Crippen LogP contribution in [-0.2, 0) is 8.54 Å². The zero-order valence-corrected chi connectivity index (χ0v) is 6.23. The Morgan fingerprint density at radius 1 is 1.90 bits per heavy atom. The summed E-state index contributed by atoms with van der Waals surface area (Å²) in [5.74, 6) is 0.340. The standard InChI is InChI=1S/C2H8NO4PS.Na.H/c3-1-2-9-7-8(4,5)6;;/h1-3H2,(H2,4,5,6);;. The maximum atomic E-state index is 9.81. The molecule has 0 amide bonds. The Labute approximate surface area is 86.9 Å². The number of phosphoric acid groups is 1. The summed E-state index contributed by atoms with van der Waals surface area (Å²) in [7, 11) is -4.54. The summed E-state index contributed by atoms with van der Waals surface area (Å²) in [4.78, 5) is 17.8. The van der Waals surface area contributed by atoms with Crippen molar-refractivity contribution < 1.29 is 19.7 Å². The van der Waals surface area contributed by atoms with Gasteiger partial charge in [-0.1, -0.05) is 0 Å². The molecular weight excluding hydrogens is 188 g/mol. The fraction of sp³-hybridized carbons (Fsp3) is 1.00. The first-order chi connectivity index (χ1) is 4.06. The van der Waals surface area contributed by atoms with Crippen LogP contribution in [0.15, 0.2) is 0 Å². The van der Waals surface area contributed by atoms with Gasteiger partial charge in [0.05, 0.1) is 0 Å². The third-order valence-electron chi connectivity index (χ3n) is 0.348. The first kappa shape index (κ1) is 14.0.